The van der Waals surface area contributed by atoms with E-state index in [2.05, 4.69) is 48.5 Å². The third-order valence-electron chi connectivity index (χ3n) is 19.4. The molecule has 17 nitrogen and oxygen atoms in total. The summed E-state index contributed by atoms with van der Waals surface area (Å²) in [5, 5.41) is 10.6. The molecule has 0 bridgehead atoms. The predicted molar refractivity (Wildman–Crippen MR) is 405 cm³/mol. The second kappa shape index (κ2) is 70.4. The van der Waals surface area contributed by atoms with E-state index in [0.29, 0.717) is 25.7 Å². The van der Waals surface area contributed by atoms with Gasteiger partial charge in [0.25, 0.3) is 0 Å². The molecule has 588 valence electrons. The van der Waals surface area contributed by atoms with Gasteiger partial charge >= 0.3 is 39.5 Å². The highest BCUT2D eigenvalue weighted by Crippen LogP contribution is 2.45. The normalized spacial score (nSPS) is 14.5. The van der Waals surface area contributed by atoms with Crippen molar-refractivity contribution in [1.82, 2.24) is 0 Å². The summed E-state index contributed by atoms with van der Waals surface area (Å²) in [7, 11) is -9.92. The first-order valence-corrected chi connectivity index (χ1v) is 44.4. The fourth-order valence-corrected chi connectivity index (χ4v) is 13.8. The molecule has 0 aromatic rings. The van der Waals surface area contributed by atoms with E-state index < -0.39 is 97.5 Å². The van der Waals surface area contributed by atoms with Crippen LogP contribution in [0.4, 0.5) is 0 Å². The van der Waals surface area contributed by atoms with E-state index in [-0.39, 0.29) is 25.7 Å². The summed E-state index contributed by atoms with van der Waals surface area (Å²) in [5.41, 5.74) is 0. The number of phosphoric acid groups is 2. The lowest BCUT2D eigenvalue weighted by atomic mass is 9.99. The van der Waals surface area contributed by atoms with Gasteiger partial charge in [-0.2, -0.15) is 0 Å². The Hall–Kier alpha value is -1.94. The molecule has 0 saturated heterocycles. The maximum atomic E-state index is 13.1. The summed E-state index contributed by atoms with van der Waals surface area (Å²) >= 11 is 0. The number of hydrogen-bond donors (Lipinski definition) is 3. The van der Waals surface area contributed by atoms with E-state index >= 15 is 0 Å². The summed E-state index contributed by atoms with van der Waals surface area (Å²) in [5.74, 6) is 0.250. The van der Waals surface area contributed by atoms with Gasteiger partial charge in [0.15, 0.2) is 12.2 Å². The van der Waals surface area contributed by atoms with Gasteiger partial charge in [-0.25, -0.2) is 9.13 Å². The zero-order valence-electron chi connectivity index (χ0n) is 65.0. The van der Waals surface area contributed by atoms with Crippen molar-refractivity contribution >= 4 is 39.5 Å². The number of esters is 4. The van der Waals surface area contributed by atoms with Crippen molar-refractivity contribution < 1.29 is 80.2 Å². The summed E-state index contributed by atoms with van der Waals surface area (Å²) in [6.45, 7) is 12.0. The smallest absolute Gasteiger partial charge is 0.462 e. The lowest BCUT2D eigenvalue weighted by Gasteiger charge is -2.21. The molecule has 0 rings (SSSR count). The summed E-state index contributed by atoms with van der Waals surface area (Å²) in [4.78, 5) is 73.0. The first-order chi connectivity index (χ1) is 47.8. The quantitative estimate of drug-likeness (QED) is 0.0222. The molecule has 0 saturated carbocycles. The van der Waals surface area contributed by atoms with Gasteiger partial charge in [0.05, 0.1) is 26.4 Å². The van der Waals surface area contributed by atoms with Crippen molar-refractivity contribution in [3.8, 4) is 0 Å². The summed E-state index contributed by atoms with van der Waals surface area (Å²) in [6, 6.07) is 0. The van der Waals surface area contributed by atoms with Crippen LogP contribution in [-0.2, 0) is 65.4 Å². The molecule has 0 aliphatic heterocycles. The van der Waals surface area contributed by atoms with Crippen LogP contribution in [0.2, 0.25) is 0 Å². The second-order valence-electron chi connectivity index (χ2n) is 29.8. The molecular formula is C80H156O17P2. The molecule has 99 heavy (non-hydrogen) atoms. The van der Waals surface area contributed by atoms with E-state index in [1.165, 1.54) is 225 Å². The topological polar surface area (TPSA) is 237 Å². The molecule has 0 aromatic carbocycles. The van der Waals surface area contributed by atoms with Gasteiger partial charge in [0.2, 0.25) is 0 Å². The maximum Gasteiger partial charge on any atom is 0.472 e. The van der Waals surface area contributed by atoms with Crippen LogP contribution in [0.3, 0.4) is 0 Å². The van der Waals surface area contributed by atoms with Gasteiger partial charge in [0, 0.05) is 25.7 Å². The van der Waals surface area contributed by atoms with Gasteiger partial charge in [-0.1, -0.05) is 363 Å². The number of rotatable bonds is 78. The predicted octanol–water partition coefficient (Wildman–Crippen LogP) is 23.7. The van der Waals surface area contributed by atoms with Crippen LogP contribution in [0.1, 0.15) is 414 Å². The molecule has 0 radical (unpaired) electrons. The van der Waals surface area contributed by atoms with E-state index in [9.17, 15) is 43.2 Å². The second-order valence-corrected chi connectivity index (χ2v) is 32.7. The minimum Gasteiger partial charge on any atom is -0.462 e. The highest BCUT2D eigenvalue weighted by molar-refractivity contribution is 7.47. The van der Waals surface area contributed by atoms with Crippen LogP contribution in [0.5, 0.6) is 0 Å². The Morgan fingerprint density at radius 1 is 0.293 bits per heavy atom. The van der Waals surface area contributed by atoms with Crippen LogP contribution in [0, 0.1) is 17.8 Å². The van der Waals surface area contributed by atoms with Crippen LogP contribution in [-0.4, -0.2) is 96.7 Å². The number of carbonyl (C=O) groups is 4. The van der Waals surface area contributed by atoms with E-state index in [1.54, 1.807) is 0 Å². The largest absolute Gasteiger partial charge is 0.472 e. The molecule has 0 aliphatic carbocycles. The van der Waals surface area contributed by atoms with Crippen LogP contribution in [0.25, 0.3) is 0 Å². The Morgan fingerprint density at radius 2 is 0.515 bits per heavy atom. The van der Waals surface area contributed by atoms with Gasteiger partial charge in [-0.15, -0.1) is 0 Å². The van der Waals surface area contributed by atoms with Gasteiger partial charge in [-0.3, -0.25) is 37.3 Å². The first-order valence-electron chi connectivity index (χ1n) is 41.4. The molecule has 0 aliphatic rings. The number of unbranched alkanes of at least 4 members (excludes halogenated alkanes) is 44. The Balaban J connectivity index is 5.27. The zero-order valence-corrected chi connectivity index (χ0v) is 66.8. The van der Waals surface area contributed by atoms with Gasteiger partial charge < -0.3 is 33.8 Å². The Bertz CT molecular complexity index is 1930. The third-order valence-corrected chi connectivity index (χ3v) is 21.3. The zero-order chi connectivity index (χ0) is 73.0. The molecule has 19 heteroatoms. The van der Waals surface area contributed by atoms with Crippen molar-refractivity contribution in [2.24, 2.45) is 17.8 Å². The van der Waals surface area contributed by atoms with Crippen molar-refractivity contribution in [3.63, 3.8) is 0 Å². The highest BCUT2D eigenvalue weighted by Gasteiger charge is 2.30. The fourth-order valence-electron chi connectivity index (χ4n) is 12.2. The monoisotopic (exact) mass is 1450 g/mol. The van der Waals surface area contributed by atoms with E-state index in [0.717, 1.165) is 108 Å². The lowest BCUT2D eigenvalue weighted by Crippen LogP contribution is -2.30. The van der Waals surface area contributed by atoms with Crippen molar-refractivity contribution in [1.29, 1.82) is 0 Å². The van der Waals surface area contributed by atoms with E-state index in [1.807, 2.05) is 0 Å². The third kappa shape index (κ3) is 71.5. The van der Waals surface area contributed by atoms with Gasteiger partial charge in [-0.05, 0) is 43.4 Å². The number of hydrogen-bond acceptors (Lipinski definition) is 15. The van der Waals surface area contributed by atoms with Crippen molar-refractivity contribution in [2.45, 2.75) is 433 Å². The molecule has 0 fully saturated rings. The lowest BCUT2D eigenvalue weighted by molar-refractivity contribution is -0.161. The molecule has 0 amide bonds. The maximum absolute atomic E-state index is 13.1. The fraction of sp³-hybridized carbons (Fsp3) is 0.950. The SMILES string of the molecule is CCCCCCCCCCCCCCCCCCCCC(=O)O[C@H](COC(=O)CCCCCCCCCCCCCCC(C)C)COP(=O)(O)OC[C@@H](O)COP(=O)(O)OC[C@@H](COC(=O)CCCCCCCCCCC(C)CC)OC(=O)CCCCCCCCCCCCC(C)CC. The van der Waals surface area contributed by atoms with Crippen LogP contribution < -0.4 is 0 Å². The van der Waals surface area contributed by atoms with E-state index in [4.69, 9.17) is 37.0 Å². The van der Waals surface area contributed by atoms with Crippen LogP contribution >= 0.6 is 15.6 Å². The summed E-state index contributed by atoms with van der Waals surface area (Å²) < 4.78 is 68.7. The van der Waals surface area contributed by atoms with Crippen molar-refractivity contribution in [3.05, 3.63) is 0 Å². The average Bonchev–Trinajstić information content (AvgIpc) is 3.25. The number of aliphatic hydroxyl groups is 1. The van der Waals surface area contributed by atoms with Crippen LogP contribution in [0.15, 0.2) is 0 Å². The van der Waals surface area contributed by atoms with Crippen molar-refractivity contribution in [2.75, 3.05) is 39.6 Å². The molecule has 3 N–H and O–H groups in total. The number of phosphoric ester groups is 2. The minimum absolute atomic E-state index is 0.106. The minimum atomic E-state index is -4.96. The number of aliphatic hydroxyl groups excluding tert-OH is 1. The number of carbonyl (C=O) groups excluding carboxylic acids is 4. The Kier molecular flexibility index (Phi) is 69.0. The molecule has 0 aromatic heterocycles. The molecule has 0 heterocycles. The summed E-state index contributed by atoms with van der Waals surface area (Å²) in [6.07, 6.45) is 58.1. The Morgan fingerprint density at radius 3 is 0.768 bits per heavy atom. The Labute approximate surface area is 607 Å². The standard InChI is InChI=1S/C80H156O17P2/c1-8-11-12-13-14-15-16-17-18-19-20-21-22-27-33-42-49-56-63-79(84)96-75(67-90-77(82)61-54-47-40-32-26-24-23-25-30-37-44-51-58-71(4)5)69-94-98(86,87)92-65-74(81)66-93-99(88,89)95-70-76(68-91-78(83)62-55-48-41-36-35-39-46-53-60-73(7)10-3)97-80(85)64-57-50-43-34-29-28-31-38-45-52-59-72(6)9-2/h71-76,81H,8-70H2,1-7H3,(H,86,87)(H,88,89)/t72?,73?,74-,75-,76-/m1/s1. The average molecular weight is 1450 g/mol. The molecule has 4 unspecified atom stereocenters. The first kappa shape index (κ1) is 97.1. The number of ether oxygens (including phenoxy) is 4. The molecule has 7 atom stereocenters. The molecular weight excluding hydrogens is 1290 g/mol. The highest BCUT2D eigenvalue weighted by atomic mass is 31.2. The molecule has 0 spiro atoms. The van der Waals surface area contributed by atoms with Gasteiger partial charge in [0.1, 0.15) is 19.3 Å².